The maximum Gasteiger partial charge on any atom is 0.226 e. The second-order valence-corrected chi connectivity index (χ2v) is 6.75. The van der Waals surface area contributed by atoms with Crippen LogP contribution in [0.15, 0.2) is 17.5 Å². The SMILES string of the molecule is CCN(Cc1cccs1)C(=O)C1CC2CCC1C2. The smallest absolute Gasteiger partial charge is 0.226 e. The van der Waals surface area contributed by atoms with E-state index in [-0.39, 0.29) is 0 Å². The lowest BCUT2D eigenvalue weighted by molar-refractivity contribution is -0.137. The molecular weight excluding hydrogens is 242 g/mol. The van der Waals surface area contributed by atoms with Crippen LogP contribution in [0.1, 0.15) is 37.5 Å². The zero-order valence-corrected chi connectivity index (χ0v) is 11.8. The van der Waals surface area contributed by atoms with Crippen molar-refractivity contribution in [3.8, 4) is 0 Å². The highest BCUT2D eigenvalue weighted by molar-refractivity contribution is 7.09. The fourth-order valence-electron chi connectivity index (χ4n) is 3.72. The van der Waals surface area contributed by atoms with Gasteiger partial charge in [0.15, 0.2) is 0 Å². The molecular formula is C15H21NOS. The van der Waals surface area contributed by atoms with Crippen LogP contribution in [0.4, 0.5) is 0 Å². The molecule has 3 unspecified atom stereocenters. The van der Waals surface area contributed by atoms with E-state index in [1.54, 1.807) is 11.3 Å². The van der Waals surface area contributed by atoms with Crippen LogP contribution in [-0.4, -0.2) is 17.4 Å². The van der Waals surface area contributed by atoms with Crippen LogP contribution in [0.5, 0.6) is 0 Å². The van der Waals surface area contributed by atoms with Crippen LogP contribution in [0.2, 0.25) is 0 Å². The molecule has 98 valence electrons. The summed E-state index contributed by atoms with van der Waals surface area (Å²) in [6.07, 6.45) is 5.13. The van der Waals surface area contributed by atoms with Gasteiger partial charge in [-0.3, -0.25) is 4.79 Å². The first kappa shape index (κ1) is 12.2. The topological polar surface area (TPSA) is 20.3 Å². The third-order valence-corrected chi connectivity index (χ3v) is 5.54. The Bertz CT molecular complexity index is 414. The number of carbonyl (C=O) groups excluding carboxylic acids is 1. The molecule has 2 bridgehead atoms. The standard InChI is InChI=1S/C15H21NOS/c1-2-16(10-13-4-3-7-18-13)15(17)14-9-11-5-6-12(14)8-11/h3-4,7,11-12,14H,2,5-6,8-10H2,1H3. The van der Waals surface area contributed by atoms with E-state index in [0.29, 0.717) is 17.7 Å². The summed E-state index contributed by atoms with van der Waals surface area (Å²) in [4.78, 5) is 16.0. The first-order valence-electron chi connectivity index (χ1n) is 7.09. The lowest BCUT2D eigenvalue weighted by atomic mass is 9.87. The summed E-state index contributed by atoms with van der Waals surface area (Å²) in [5, 5.41) is 2.09. The van der Waals surface area contributed by atoms with E-state index >= 15 is 0 Å². The van der Waals surface area contributed by atoms with E-state index in [2.05, 4.69) is 29.3 Å². The van der Waals surface area contributed by atoms with Crippen molar-refractivity contribution in [3.05, 3.63) is 22.4 Å². The molecule has 18 heavy (non-hydrogen) atoms. The number of thiophene rings is 1. The van der Waals surface area contributed by atoms with E-state index in [1.165, 1.54) is 24.1 Å². The summed E-state index contributed by atoms with van der Waals surface area (Å²) in [5.74, 6) is 2.30. The molecule has 1 heterocycles. The Morgan fingerprint density at radius 1 is 1.44 bits per heavy atom. The van der Waals surface area contributed by atoms with Crippen molar-refractivity contribution in [2.45, 2.75) is 39.2 Å². The first-order valence-corrected chi connectivity index (χ1v) is 7.97. The van der Waals surface area contributed by atoms with Crippen LogP contribution in [0.25, 0.3) is 0 Å². The molecule has 0 radical (unpaired) electrons. The number of amides is 1. The molecule has 1 aromatic rings. The molecule has 2 nitrogen and oxygen atoms in total. The molecule has 0 saturated heterocycles. The predicted octanol–water partition coefficient (Wildman–Crippen LogP) is 3.53. The van der Waals surface area contributed by atoms with E-state index in [4.69, 9.17) is 0 Å². The molecule has 2 aliphatic rings. The Hall–Kier alpha value is -0.830. The van der Waals surface area contributed by atoms with Crippen molar-refractivity contribution >= 4 is 17.2 Å². The van der Waals surface area contributed by atoms with Gasteiger partial charge in [-0.1, -0.05) is 12.5 Å². The van der Waals surface area contributed by atoms with Crippen LogP contribution < -0.4 is 0 Å². The fourth-order valence-corrected chi connectivity index (χ4v) is 4.44. The number of carbonyl (C=O) groups is 1. The molecule has 2 saturated carbocycles. The van der Waals surface area contributed by atoms with Crippen LogP contribution in [0, 0.1) is 17.8 Å². The predicted molar refractivity (Wildman–Crippen MR) is 74.3 cm³/mol. The first-order chi connectivity index (χ1) is 8.78. The van der Waals surface area contributed by atoms with Crippen molar-refractivity contribution in [1.82, 2.24) is 4.90 Å². The zero-order valence-electron chi connectivity index (χ0n) is 11.0. The van der Waals surface area contributed by atoms with Crippen molar-refractivity contribution in [2.75, 3.05) is 6.54 Å². The normalized spacial score (nSPS) is 29.7. The number of nitrogens with zero attached hydrogens (tertiary/aromatic N) is 1. The summed E-state index contributed by atoms with van der Waals surface area (Å²) in [6.45, 7) is 3.74. The lowest BCUT2D eigenvalue weighted by Gasteiger charge is -2.28. The molecule has 2 fully saturated rings. The van der Waals surface area contributed by atoms with Crippen molar-refractivity contribution in [3.63, 3.8) is 0 Å². The summed E-state index contributed by atoms with van der Waals surface area (Å²) in [6, 6.07) is 4.19. The second kappa shape index (κ2) is 5.04. The second-order valence-electron chi connectivity index (χ2n) is 5.71. The van der Waals surface area contributed by atoms with E-state index in [1.807, 2.05) is 0 Å². The Balaban J connectivity index is 1.66. The number of rotatable bonds is 4. The van der Waals surface area contributed by atoms with E-state index < -0.39 is 0 Å². The highest BCUT2D eigenvalue weighted by Crippen LogP contribution is 2.48. The van der Waals surface area contributed by atoms with Gasteiger partial charge in [0.25, 0.3) is 0 Å². The van der Waals surface area contributed by atoms with Gasteiger partial charge in [0.1, 0.15) is 0 Å². The molecule has 3 rings (SSSR count). The van der Waals surface area contributed by atoms with E-state index in [9.17, 15) is 4.79 Å². The van der Waals surface area contributed by atoms with Crippen LogP contribution in [-0.2, 0) is 11.3 Å². The zero-order chi connectivity index (χ0) is 12.5. The third-order valence-electron chi connectivity index (χ3n) is 4.68. The number of fused-ring (bicyclic) bond motifs is 2. The summed E-state index contributed by atoms with van der Waals surface area (Å²) in [7, 11) is 0. The summed E-state index contributed by atoms with van der Waals surface area (Å²) < 4.78 is 0. The molecule has 3 atom stereocenters. The average Bonchev–Trinajstić information content (AvgIpc) is 3.11. The maximum atomic E-state index is 12.6. The van der Waals surface area contributed by atoms with Gasteiger partial charge in [-0.25, -0.2) is 0 Å². The van der Waals surface area contributed by atoms with Gasteiger partial charge in [0, 0.05) is 17.3 Å². The van der Waals surface area contributed by atoms with Gasteiger partial charge >= 0.3 is 0 Å². The minimum absolute atomic E-state index is 0.337. The molecule has 1 amide bonds. The van der Waals surface area contributed by atoms with Crippen molar-refractivity contribution in [2.24, 2.45) is 17.8 Å². The fraction of sp³-hybridized carbons (Fsp3) is 0.667. The van der Waals surface area contributed by atoms with Gasteiger partial charge in [0.2, 0.25) is 5.91 Å². The minimum atomic E-state index is 0.337. The number of hydrogen-bond acceptors (Lipinski definition) is 2. The van der Waals surface area contributed by atoms with Gasteiger partial charge in [0.05, 0.1) is 6.54 Å². The molecule has 3 heteroatoms. The Kier molecular flexibility index (Phi) is 3.42. The van der Waals surface area contributed by atoms with Crippen molar-refractivity contribution in [1.29, 1.82) is 0 Å². The molecule has 0 spiro atoms. The van der Waals surface area contributed by atoms with Gasteiger partial charge in [-0.2, -0.15) is 0 Å². The monoisotopic (exact) mass is 263 g/mol. The largest absolute Gasteiger partial charge is 0.338 e. The Labute approximate surface area is 113 Å². The Morgan fingerprint density at radius 2 is 2.33 bits per heavy atom. The number of hydrogen-bond donors (Lipinski definition) is 0. The Morgan fingerprint density at radius 3 is 2.89 bits per heavy atom. The molecule has 2 aliphatic carbocycles. The average molecular weight is 263 g/mol. The van der Waals surface area contributed by atoms with Gasteiger partial charge in [-0.15, -0.1) is 11.3 Å². The summed E-state index contributed by atoms with van der Waals surface area (Å²) in [5.41, 5.74) is 0. The summed E-state index contributed by atoms with van der Waals surface area (Å²) >= 11 is 1.75. The van der Waals surface area contributed by atoms with Gasteiger partial charge < -0.3 is 4.90 Å². The molecule has 0 aliphatic heterocycles. The highest BCUT2D eigenvalue weighted by atomic mass is 32.1. The molecule has 0 N–H and O–H groups in total. The van der Waals surface area contributed by atoms with Crippen LogP contribution >= 0.6 is 11.3 Å². The quantitative estimate of drug-likeness (QED) is 0.813. The molecule has 0 aromatic carbocycles. The molecule has 1 aromatic heterocycles. The minimum Gasteiger partial charge on any atom is -0.338 e. The maximum absolute atomic E-state index is 12.6. The van der Waals surface area contributed by atoms with Gasteiger partial charge in [-0.05, 0) is 49.5 Å². The van der Waals surface area contributed by atoms with Crippen molar-refractivity contribution < 1.29 is 4.79 Å². The van der Waals surface area contributed by atoms with E-state index in [0.717, 1.165) is 25.4 Å². The lowest BCUT2D eigenvalue weighted by Crippen LogP contribution is -2.37. The third kappa shape index (κ3) is 2.20. The highest BCUT2D eigenvalue weighted by Gasteiger charge is 2.44. The van der Waals surface area contributed by atoms with Crippen LogP contribution in [0.3, 0.4) is 0 Å².